The fourth-order valence-electron chi connectivity index (χ4n) is 0.901. The third-order valence-corrected chi connectivity index (χ3v) is 2.69. The first-order valence-corrected chi connectivity index (χ1v) is 5.17. The monoisotopic (exact) mass is 312 g/mol. The van der Waals surface area contributed by atoms with Crippen LogP contribution in [0.4, 0.5) is 4.39 Å². The average molecular weight is 313 g/mol. The predicted octanol–water partition coefficient (Wildman–Crippen LogP) is 3.24. The summed E-state index contributed by atoms with van der Waals surface area (Å²) in [5.74, 6) is -0.661. The Bertz CT molecular complexity index is 338. The normalized spacial score (nSPS) is 12.6. The second-order valence-electron chi connectivity index (χ2n) is 2.60. The lowest BCUT2D eigenvalue weighted by Gasteiger charge is -2.04. The number of rotatable bonds is 2. The molecule has 0 aromatic heterocycles. The molecule has 0 fully saturated rings. The van der Waals surface area contributed by atoms with Gasteiger partial charge in [-0.15, -0.1) is 11.6 Å². The number of carbonyl (C=O) groups excluding carboxylic acids is 1. The van der Waals surface area contributed by atoms with Crippen molar-refractivity contribution in [3.8, 4) is 0 Å². The van der Waals surface area contributed by atoms with Gasteiger partial charge in [0.15, 0.2) is 5.78 Å². The molecule has 13 heavy (non-hydrogen) atoms. The number of benzene rings is 1. The van der Waals surface area contributed by atoms with Crippen LogP contribution in [0, 0.1) is 9.39 Å². The van der Waals surface area contributed by atoms with Gasteiger partial charge in [0.2, 0.25) is 0 Å². The van der Waals surface area contributed by atoms with Crippen LogP contribution in [0.15, 0.2) is 18.2 Å². The number of hydrogen-bond acceptors (Lipinski definition) is 1. The molecular formula is C9H7ClFIO. The molecule has 0 bridgehead atoms. The van der Waals surface area contributed by atoms with E-state index < -0.39 is 11.2 Å². The summed E-state index contributed by atoms with van der Waals surface area (Å²) in [6.07, 6.45) is 0. The van der Waals surface area contributed by atoms with Crippen LogP contribution in [0.1, 0.15) is 17.3 Å². The van der Waals surface area contributed by atoms with Crippen molar-refractivity contribution in [2.45, 2.75) is 12.3 Å². The van der Waals surface area contributed by atoms with E-state index >= 15 is 0 Å². The third-order valence-electron chi connectivity index (χ3n) is 1.56. The van der Waals surface area contributed by atoms with Crippen LogP contribution in [0.5, 0.6) is 0 Å². The molecule has 0 heterocycles. The Labute approximate surface area is 94.4 Å². The highest BCUT2D eigenvalue weighted by Gasteiger charge is 2.15. The van der Waals surface area contributed by atoms with Crippen molar-refractivity contribution in [3.63, 3.8) is 0 Å². The van der Waals surface area contributed by atoms with E-state index in [0.717, 1.165) is 3.57 Å². The summed E-state index contributed by atoms with van der Waals surface area (Å²) in [5, 5.41) is -0.615. The quantitative estimate of drug-likeness (QED) is 0.465. The molecular weight excluding hydrogens is 305 g/mol. The lowest BCUT2D eigenvalue weighted by Crippen LogP contribution is -2.12. The first-order valence-electron chi connectivity index (χ1n) is 3.65. The van der Waals surface area contributed by atoms with Crippen molar-refractivity contribution >= 4 is 40.0 Å². The molecule has 4 heteroatoms. The molecule has 0 aliphatic rings. The maximum Gasteiger partial charge on any atom is 0.181 e. The van der Waals surface area contributed by atoms with Crippen LogP contribution < -0.4 is 0 Å². The van der Waals surface area contributed by atoms with E-state index in [2.05, 4.69) is 0 Å². The van der Waals surface area contributed by atoms with Crippen molar-refractivity contribution in [2.24, 2.45) is 0 Å². The van der Waals surface area contributed by atoms with Gasteiger partial charge in [0, 0.05) is 9.13 Å². The summed E-state index contributed by atoms with van der Waals surface area (Å²) < 4.78 is 13.5. The van der Waals surface area contributed by atoms with Gasteiger partial charge in [0.05, 0.1) is 5.38 Å². The molecule has 1 unspecified atom stereocenters. The summed E-state index contributed by atoms with van der Waals surface area (Å²) in [4.78, 5) is 11.4. The van der Waals surface area contributed by atoms with E-state index in [9.17, 15) is 9.18 Å². The average Bonchev–Trinajstić information content (AvgIpc) is 2.08. The second kappa shape index (κ2) is 4.37. The summed E-state index contributed by atoms with van der Waals surface area (Å²) in [5.41, 5.74) is 0.350. The van der Waals surface area contributed by atoms with Gasteiger partial charge in [-0.05, 0) is 47.7 Å². The Morgan fingerprint density at radius 3 is 2.77 bits per heavy atom. The maximum absolute atomic E-state index is 12.8. The number of carbonyl (C=O) groups is 1. The third kappa shape index (κ3) is 2.64. The molecule has 0 N–H and O–H groups in total. The largest absolute Gasteiger partial charge is 0.292 e. The molecule has 1 aromatic rings. The van der Waals surface area contributed by atoms with E-state index in [1.54, 1.807) is 13.0 Å². The fraction of sp³-hybridized carbons (Fsp3) is 0.222. The van der Waals surface area contributed by atoms with Gasteiger partial charge >= 0.3 is 0 Å². The van der Waals surface area contributed by atoms with Gasteiger partial charge < -0.3 is 0 Å². The highest BCUT2D eigenvalue weighted by molar-refractivity contribution is 14.1. The van der Waals surface area contributed by atoms with E-state index in [-0.39, 0.29) is 5.78 Å². The van der Waals surface area contributed by atoms with Crippen molar-refractivity contribution < 1.29 is 9.18 Å². The van der Waals surface area contributed by atoms with Gasteiger partial charge in [-0.2, -0.15) is 0 Å². The van der Waals surface area contributed by atoms with Gasteiger partial charge in [-0.1, -0.05) is 0 Å². The molecule has 1 rings (SSSR count). The van der Waals surface area contributed by atoms with Crippen molar-refractivity contribution in [3.05, 3.63) is 33.1 Å². The molecule has 0 saturated heterocycles. The molecule has 0 aliphatic heterocycles. The van der Waals surface area contributed by atoms with Gasteiger partial charge in [0.25, 0.3) is 0 Å². The zero-order valence-electron chi connectivity index (χ0n) is 6.85. The maximum atomic E-state index is 12.8. The van der Waals surface area contributed by atoms with Gasteiger partial charge in [-0.3, -0.25) is 4.79 Å². The van der Waals surface area contributed by atoms with Crippen LogP contribution >= 0.6 is 34.2 Å². The lowest BCUT2D eigenvalue weighted by molar-refractivity contribution is 0.0990. The Morgan fingerprint density at radius 2 is 2.23 bits per heavy atom. The van der Waals surface area contributed by atoms with Crippen LogP contribution in [-0.2, 0) is 0 Å². The summed E-state index contributed by atoms with van der Waals surface area (Å²) in [7, 11) is 0. The minimum atomic E-state index is -0.615. The molecule has 1 atom stereocenters. The van der Waals surface area contributed by atoms with E-state index in [4.69, 9.17) is 11.6 Å². The first-order chi connectivity index (χ1) is 6.02. The lowest BCUT2D eigenvalue weighted by atomic mass is 10.1. The SMILES string of the molecule is CC(Cl)C(=O)c1cc(F)ccc1I. The first kappa shape index (κ1) is 10.9. The van der Waals surface area contributed by atoms with E-state index in [1.807, 2.05) is 22.6 Å². The summed E-state index contributed by atoms with van der Waals surface area (Å²) in [6, 6.07) is 4.09. The number of Topliss-reactive ketones (excluding diaryl/α,β-unsaturated/α-hetero) is 1. The van der Waals surface area contributed by atoms with Crippen molar-refractivity contribution in [2.75, 3.05) is 0 Å². The zero-order valence-corrected chi connectivity index (χ0v) is 9.76. The molecule has 0 amide bonds. The molecule has 0 radical (unpaired) electrons. The van der Waals surface area contributed by atoms with Crippen LogP contribution in [0.25, 0.3) is 0 Å². The molecule has 0 saturated carbocycles. The van der Waals surface area contributed by atoms with E-state index in [1.165, 1.54) is 12.1 Å². The number of alkyl halides is 1. The van der Waals surface area contributed by atoms with Crippen molar-refractivity contribution in [1.29, 1.82) is 0 Å². The van der Waals surface area contributed by atoms with E-state index in [0.29, 0.717) is 5.56 Å². The molecule has 70 valence electrons. The zero-order chi connectivity index (χ0) is 10.0. The minimum absolute atomic E-state index is 0.245. The fourth-order valence-corrected chi connectivity index (χ4v) is 1.62. The Morgan fingerprint density at radius 1 is 1.62 bits per heavy atom. The Hall–Kier alpha value is -0.160. The molecule has 1 aromatic carbocycles. The number of ketones is 1. The highest BCUT2D eigenvalue weighted by atomic mass is 127. The highest BCUT2D eigenvalue weighted by Crippen LogP contribution is 2.17. The van der Waals surface area contributed by atoms with Crippen LogP contribution in [-0.4, -0.2) is 11.2 Å². The Balaban J connectivity index is 3.13. The van der Waals surface area contributed by atoms with Gasteiger partial charge in [-0.25, -0.2) is 4.39 Å². The second-order valence-corrected chi connectivity index (χ2v) is 4.42. The summed E-state index contributed by atoms with van der Waals surface area (Å²) >= 11 is 7.59. The smallest absolute Gasteiger partial charge is 0.181 e. The predicted molar refractivity (Wildman–Crippen MR) is 58.8 cm³/mol. The van der Waals surface area contributed by atoms with Crippen molar-refractivity contribution in [1.82, 2.24) is 0 Å². The number of halogens is 3. The number of hydrogen-bond donors (Lipinski definition) is 0. The van der Waals surface area contributed by atoms with Crippen LogP contribution in [0.3, 0.4) is 0 Å². The van der Waals surface area contributed by atoms with Crippen LogP contribution in [0.2, 0.25) is 0 Å². The molecule has 0 spiro atoms. The molecule has 0 aliphatic carbocycles. The standard InChI is InChI=1S/C9H7ClFIO/c1-5(10)9(13)7-4-6(11)2-3-8(7)12/h2-5H,1H3. The summed E-state index contributed by atoms with van der Waals surface area (Å²) in [6.45, 7) is 1.57. The topological polar surface area (TPSA) is 17.1 Å². The molecule has 1 nitrogen and oxygen atoms in total. The van der Waals surface area contributed by atoms with Gasteiger partial charge in [0.1, 0.15) is 5.82 Å². The minimum Gasteiger partial charge on any atom is -0.292 e. The Kier molecular flexibility index (Phi) is 3.67.